The first kappa shape index (κ1) is 12.0. The van der Waals surface area contributed by atoms with Crippen molar-refractivity contribution in [2.45, 2.75) is 12.8 Å². The van der Waals surface area contributed by atoms with E-state index in [9.17, 15) is 9.59 Å². The Hall–Kier alpha value is -1.49. The number of piperidine rings is 1. The second-order valence-electron chi connectivity index (χ2n) is 4.03. The van der Waals surface area contributed by atoms with Crippen molar-refractivity contribution in [1.29, 1.82) is 0 Å². The Morgan fingerprint density at radius 1 is 1.47 bits per heavy atom. The molecule has 1 atom stereocenters. The zero-order valence-corrected chi connectivity index (χ0v) is 9.81. The maximum Gasteiger partial charge on any atom is 0.308 e. The summed E-state index contributed by atoms with van der Waals surface area (Å²) in [4.78, 5) is 24.3. The number of carbonyl (C=O) groups is 2. The van der Waals surface area contributed by atoms with Gasteiger partial charge in [0.05, 0.1) is 5.92 Å². The van der Waals surface area contributed by atoms with Gasteiger partial charge >= 0.3 is 5.97 Å². The van der Waals surface area contributed by atoms with Crippen LogP contribution in [0.15, 0.2) is 16.5 Å². The lowest BCUT2D eigenvalue weighted by molar-refractivity contribution is -0.143. The predicted molar refractivity (Wildman–Crippen MR) is 60.0 cm³/mol. The van der Waals surface area contributed by atoms with Crippen molar-refractivity contribution in [3.63, 3.8) is 0 Å². The number of aliphatic carboxylic acids is 1. The first-order chi connectivity index (χ1) is 8.08. The van der Waals surface area contributed by atoms with E-state index < -0.39 is 11.9 Å². The summed E-state index contributed by atoms with van der Waals surface area (Å²) >= 11 is 5.59. The van der Waals surface area contributed by atoms with Gasteiger partial charge in [-0.2, -0.15) is 0 Å². The molecule has 6 heteroatoms. The molecule has 0 aromatic carbocycles. The van der Waals surface area contributed by atoms with E-state index in [2.05, 4.69) is 0 Å². The summed E-state index contributed by atoms with van der Waals surface area (Å²) in [7, 11) is 0. The quantitative estimate of drug-likeness (QED) is 0.878. The molecule has 1 fully saturated rings. The van der Waals surface area contributed by atoms with Crippen LogP contribution in [0.25, 0.3) is 0 Å². The molecule has 1 aromatic heterocycles. The molecule has 2 heterocycles. The smallest absolute Gasteiger partial charge is 0.308 e. The topological polar surface area (TPSA) is 70.8 Å². The average molecular weight is 258 g/mol. The number of carbonyl (C=O) groups excluding carboxylic acids is 1. The maximum absolute atomic E-state index is 12.0. The summed E-state index contributed by atoms with van der Waals surface area (Å²) in [6.07, 6.45) is 1.30. The van der Waals surface area contributed by atoms with Crippen LogP contribution in [-0.4, -0.2) is 35.0 Å². The van der Waals surface area contributed by atoms with Crippen molar-refractivity contribution in [2.24, 2.45) is 5.92 Å². The molecule has 0 aliphatic carbocycles. The Balaban J connectivity index is 2.07. The molecule has 0 bridgehead atoms. The van der Waals surface area contributed by atoms with Crippen molar-refractivity contribution in [2.75, 3.05) is 13.1 Å². The van der Waals surface area contributed by atoms with E-state index in [1.54, 1.807) is 0 Å². The SMILES string of the molecule is O=C(O)[C@H]1CCCN(C(=O)c2ccc(Cl)o2)C1. The summed E-state index contributed by atoms with van der Waals surface area (Å²) in [5.41, 5.74) is 0. The van der Waals surface area contributed by atoms with Crippen LogP contribution in [0.3, 0.4) is 0 Å². The largest absolute Gasteiger partial charge is 0.481 e. The highest BCUT2D eigenvalue weighted by Crippen LogP contribution is 2.20. The first-order valence-corrected chi connectivity index (χ1v) is 5.73. The summed E-state index contributed by atoms with van der Waals surface area (Å²) in [5.74, 6) is -1.50. The molecule has 0 radical (unpaired) electrons. The molecule has 5 nitrogen and oxygen atoms in total. The molecule has 1 saturated heterocycles. The highest BCUT2D eigenvalue weighted by atomic mass is 35.5. The highest BCUT2D eigenvalue weighted by Gasteiger charge is 2.29. The van der Waals surface area contributed by atoms with Gasteiger partial charge in [-0.3, -0.25) is 9.59 Å². The molecular formula is C11H12ClNO4. The molecule has 1 aliphatic rings. The fourth-order valence-electron chi connectivity index (χ4n) is 1.95. The molecule has 0 unspecified atom stereocenters. The van der Waals surface area contributed by atoms with Crippen molar-refractivity contribution in [3.05, 3.63) is 23.1 Å². The van der Waals surface area contributed by atoms with Gasteiger partial charge in [0, 0.05) is 13.1 Å². The van der Waals surface area contributed by atoms with Crippen LogP contribution < -0.4 is 0 Å². The normalized spacial score (nSPS) is 20.3. The fourth-order valence-corrected chi connectivity index (χ4v) is 2.09. The molecule has 1 aromatic rings. The van der Waals surface area contributed by atoms with Crippen LogP contribution in [0.1, 0.15) is 23.4 Å². The lowest BCUT2D eigenvalue weighted by Gasteiger charge is -2.29. The van der Waals surface area contributed by atoms with Gasteiger partial charge in [-0.15, -0.1) is 0 Å². The van der Waals surface area contributed by atoms with Crippen LogP contribution in [0.5, 0.6) is 0 Å². The molecule has 2 rings (SSSR count). The van der Waals surface area contributed by atoms with Gasteiger partial charge in [0.1, 0.15) is 0 Å². The summed E-state index contributed by atoms with van der Waals surface area (Å²) < 4.78 is 5.02. The lowest BCUT2D eigenvalue weighted by Crippen LogP contribution is -2.42. The summed E-state index contributed by atoms with van der Waals surface area (Å²) in [5, 5.41) is 9.08. The second kappa shape index (κ2) is 4.79. The van der Waals surface area contributed by atoms with E-state index in [-0.39, 0.29) is 23.4 Å². The van der Waals surface area contributed by atoms with Crippen LogP contribution in [0.4, 0.5) is 0 Å². The summed E-state index contributed by atoms with van der Waals surface area (Å²) in [6, 6.07) is 2.99. The Morgan fingerprint density at radius 3 is 2.82 bits per heavy atom. The molecule has 0 saturated carbocycles. The molecule has 17 heavy (non-hydrogen) atoms. The number of amides is 1. The lowest BCUT2D eigenvalue weighted by atomic mass is 9.98. The Kier molecular flexibility index (Phi) is 3.38. The van der Waals surface area contributed by atoms with Crippen LogP contribution >= 0.6 is 11.6 Å². The van der Waals surface area contributed by atoms with Crippen molar-refractivity contribution in [1.82, 2.24) is 4.90 Å². The molecule has 92 valence electrons. The van der Waals surface area contributed by atoms with Gasteiger partial charge < -0.3 is 14.4 Å². The maximum atomic E-state index is 12.0. The van der Waals surface area contributed by atoms with Crippen molar-refractivity contribution >= 4 is 23.5 Å². The van der Waals surface area contributed by atoms with Gasteiger partial charge in [-0.1, -0.05) is 0 Å². The van der Waals surface area contributed by atoms with Crippen LogP contribution in [-0.2, 0) is 4.79 Å². The standard InChI is InChI=1S/C11H12ClNO4/c12-9-4-3-8(17-9)10(14)13-5-1-2-7(6-13)11(15)16/h3-4,7H,1-2,5-6H2,(H,15,16)/t7-/m0/s1. The van der Waals surface area contributed by atoms with Crippen LogP contribution in [0.2, 0.25) is 5.22 Å². The molecular weight excluding hydrogens is 246 g/mol. The monoisotopic (exact) mass is 257 g/mol. The van der Waals surface area contributed by atoms with Gasteiger partial charge in [-0.25, -0.2) is 0 Å². The third-order valence-corrected chi connectivity index (χ3v) is 3.04. The molecule has 1 aliphatic heterocycles. The third kappa shape index (κ3) is 2.61. The number of halogens is 1. The number of hydrogen-bond acceptors (Lipinski definition) is 3. The first-order valence-electron chi connectivity index (χ1n) is 5.35. The minimum Gasteiger partial charge on any atom is -0.481 e. The van der Waals surface area contributed by atoms with Gasteiger partial charge in [0.25, 0.3) is 5.91 Å². The van der Waals surface area contributed by atoms with E-state index in [0.717, 1.165) is 0 Å². The van der Waals surface area contributed by atoms with Crippen molar-refractivity contribution < 1.29 is 19.1 Å². The molecule has 0 spiro atoms. The number of carboxylic acid groups (broad SMARTS) is 1. The van der Waals surface area contributed by atoms with E-state index in [1.165, 1.54) is 17.0 Å². The Morgan fingerprint density at radius 2 is 2.24 bits per heavy atom. The number of rotatable bonds is 2. The minimum absolute atomic E-state index is 0.153. The molecule has 1 amide bonds. The van der Waals surface area contributed by atoms with E-state index in [4.69, 9.17) is 21.1 Å². The Labute approximate surface area is 103 Å². The number of furan rings is 1. The zero-order chi connectivity index (χ0) is 12.4. The number of likely N-dealkylation sites (tertiary alicyclic amines) is 1. The van der Waals surface area contributed by atoms with Gasteiger partial charge in [0.15, 0.2) is 11.0 Å². The van der Waals surface area contributed by atoms with Crippen molar-refractivity contribution in [3.8, 4) is 0 Å². The summed E-state index contributed by atoms with van der Waals surface area (Å²) in [6.45, 7) is 0.785. The van der Waals surface area contributed by atoms with Gasteiger partial charge in [-0.05, 0) is 36.6 Å². The zero-order valence-electron chi connectivity index (χ0n) is 9.06. The van der Waals surface area contributed by atoms with E-state index in [0.29, 0.717) is 19.4 Å². The third-order valence-electron chi connectivity index (χ3n) is 2.84. The minimum atomic E-state index is -0.861. The Bertz CT molecular complexity index is 442. The van der Waals surface area contributed by atoms with Crippen LogP contribution in [0, 0.1) is 5.92 Å². The number of carboxylic acids is 1. The fraction of sp³-hybridized carbons (Fsp3) is 0.455. The van der Waals surface area contributed by atoms with E-state index in [1.807, 2.05) is 0 Å². The number of nitrogens with zero attached hydrogens (tertiary/aromatic N) is 1. The molecule has 1 N–H and O–H groups in total. The predicted octanol–water partition coefficient (Wildman–Crippen LogP) is 1.87. The second-order valence-corrected chi connectivity index (χ2v) is 4.40. The van der Waals surface area contributed by atoms with Gasteiger partial charge in [0.2, 0.25) is 0 Å². The average Bonchev–Trinajstić information content (AvgIpc) is 2.75. The van der Waals surface area contributed by atoms with E-state index >= 15 is 0 Å². The number of hydrogen-bond donors (Lipinski definition) is 1. The highest BCUT2D eigenvalue weighted by molar-refractivity contribution is 6.29.